The summed E-state index contributed by atoms with van der Waals surface area (Å²) in [6, 6.07) is 7.64. The lowest BCUT2D eigenvalue weighted by atomic mass is 9.84. The van der Waals surface area contributed by atoms with Gasteiger partial charge in [0.25, 0.3) is 0 Å². The minimum absolute atomic E-state index is 0.0103. The van der Waals surface area contributed by atoms with Gasteiger partial charge in [-0.3, -0.25) is 19.3 Å². The molecular formula is C20H21N5O3S. The average molecular weight is 411 g/mol. The first-order valence-electron chi connectivity index (χ1n) is 9.73. The Morgan fingerprint density at radius 3 is 2.66 bits per heavy atom. The van der Waals surface area contributed by atoms with Crippen LogP contribution in [0, 0.1) is 5.92 Å². The van der Waals surface area contributed by atoms with Crippen LogP contribution in [-0.4, -0.2) is 52.8 Å². The summed E-state index contributed by atoms with van der Waals surface area (Å²) < 4.78 is 0. The lowest BCUT2D eigenvalue weighted by Crippen LogP contribution is -2.59. The van der Waals surface area contributed by atoms with Crippen LogP contribution in [0.1, 0.15) is 19.3 Å². The van der Waals surface area contributed by atoms with Crippen molar-refractivity contribution in [3.8, 4) is 0 Å². The van der Waals surface area contributed by atoms with E-state index in [1.807, 2.05) is 29.6 Å². The van der Waals surface area contributed by atoms with Crippen molar-refractivity contribution in [2.24, 2.45) is 5.92 Å². The van der Waals surface area contributed by atoms with E-state index < -0.39 is 5.54 Å². The van der Waals surface area contributed by atoms with Gasteiger partial charge in [-0.1, -0.05) is 12.1 Å². The number of fused-ring (bicyclic) bond motifs is 1. The minimum Gasteiger partial charge on any atom is -0.369 e. The number of benzene rings is 1. The Morgan fingerprint density at radius 1 is 1.17 bits per heavy atom. The van der Waals surface area contributed by atoms with Gasteiger partial charge in [-0.25, -0.2) is 4.98 Å². The normalized spacial score (nSPS) is 23.0. The number of rotatable bonds is 2. The number of para-hydroxylation sites is 2. The Labute approximate surface area is 171 Å². The first-order valence-corrected chi connectivity index (χ1v) is 10.6. The maximum atomic E-state index is 13.0. The molecule has 3 aliphatic heterocycles. The topological polar surface area (TPSA) is 94.6 Å². The molecule has 1 unspecified atom stereocenters. The largest absolute Gasteiger partial charge is 0.369 e. The van der Waals surface area contributed by atoms with Crippen molar-refractivity contribution in [3.05, 3.63) is 35.8 Å². The van der Waals surface area contributed by atoms with Crippen LogP contribution in [-0.2, 0) is 14.4 Å². The van der Waals surface area contributed by atoms with E-state index in [9.17, 15) is 14.4 Å². The zero-order valence-electron chi connectivity index (χ0n) is 15.8. The van der Waals surface area contributed by atoms with Crippen LogP contribution in [0.2, 0.25) is 0 Å². The molecule has 2 fully saturated rings. The molecular weight excluding hydrogens is 390 g/mol. The molecule has 9 heteroatoms. The van der Waals surface area contributed by atoms with Crippen LogP contribution < -0.4 is 15.5 Å². The number of aromatic nitrogens is 1. The Morgan fingerprint density at radius 2 is 1.93 bits per heavy atom. The fraction of sp³-hybridized carbons (Fsp3) is 0.400. The van der Waals surface area contributed by atoms with Crippen LogP contribution in [0.15, 0.2) is 35.8 Å². The summed E-state index contributed by atoms with van der Waals surface area (Å²) in [6.45, 7) is 1.35. The van der Waals surface area contributed by atoms with E-state index in [4.69, 9.17) is 0 Å². The zero-order chi connectivity index (χ0) is 20.0. The molecule has 1 spiro atoms. The van der Waals surface area contributed by atoms with E-state index in [1.165, 1.54) is 11.3 Å². The van der Waals surface area contributed by atoms with Crippen molar-refractivity contribution in [2.75, 3.05) is 35.2 Å². The first kappa shape index (κ1) is 18.1. The number of nitrogens with zero attached hydrogens (tertiary/aromatic N) is 3. The summed E-state index contributed by atoms with van der Waals surface area (Å²) in [5, 5.41) is 8.85. The highest BCUT2D eigenvalue weighted by Gasteiger charge is 2.46. The monoisotopic (exact) mass is 411 g/mol. The molecule has 0 radical (unpaired) electrons. The number of carbonyl (C=O) groups excluding carboxylic acids is 3. The Kier molecular flexibility index (Phi) is 4.27. The van der Waals surface area contributed by atoms with E-state index in [1.54, 1.807) is 16.0 Å². The fourth-order valence-electron chi connectivity index (χ4n) is 4.38. The van der Waals surface area contributed by atoms with Gasteiger partial charge in [0.15, 0.2) is 5.13 Å². The van der Waals surface area contributed by atoms with E-state index in [0.29, 0.717) is 37.6 Å². The molecule has 1 aromatic heterocycles. The lowest BCUT2D eigenvalue weighted by molar-refractivity contribution is -0.138. The molecule has 1 aromatic carbocycles. The fourth-order valence-corrected chi connectivity index (χ4v) is 5.05. The van der Waals surface area contributed by atoms with Crippen molar-refractivity contribution in [1.82, 2.24) is 9.88 Å². The maximum Gasteiger partial charge on any atom is 0.250 e. The SMILES string of the molecule is O=C(C1CC(=O)N(c2nccs2)C1)N1CCC2(CC1)Nc1ccccc1NC2=O. The van der Waals surface area contributed by atoms with Crippen LogP contribution >= 0.6 is 11.3 Å². The van der Waals surface area contributed by atoms with Crippen LogP contribution in [0.5, 0.6) is 0 Å². The van der Waals surface area contributed by atoms with Crippen molar-refractivity contribution in [2.45, 2.75) is 24.8 Å². The van der Waals surface area contributed by atoms with Crippen LogP contribution in [0.4, 0.5) is 16.5 Å². The van der Waals surface area contributed by atoms with E-state index in [0.717, 1.165) is 11.4 Å². The molecule has 1 atom stereocenters. The molecule has 3 aliphatic rings. The number of anilines is 3. The van der Waals surface area contributed by atoms with Crippen molar-refractivity contribution in [3.63, 3.8) is 0 Å². The Bertz CT molecular complexity index is 968. The highest BCUT2D eigenvalue weighted by molar-refractivity contribution is 7.13. The second kappa shape index (κ2) is 6.84. The van der Waals surface area contributed by atoms with Crippen LogP contribution in [0.3, 0.4) is 0 Å². The predicted molar refractivity (Wildman–Crippen MR) is 110 cm³/mol. The summed E-state index contributed by atoms with van der Waals surface area (Å²) in [7, 11) is 0. The molecule has 2 saturated heterocycles. The molecule has 0 aliphatic carbocycles. The molecule has 0 bridgehead atoms. The van der Waals surface area contributed by atoms with Crippen LogP contribution in [0.25, 0.3) is 0 Å². The number of hydrogen-bond acceptors (Lipinski definition) is 6. The van der Waals surface area contributed by atoms with Crippen molar-refractivity contribution < 1.29 is 14.4 Å². The number of likely N-dealkylation sites (tertiary alicyclic amines) is 1. The maximum absolute atomic E-state index is 13.0. The molecule has 0 saturated carbocycles. The molecule has 150 valence electrons. The summed E-state index contributed by atoms with van der Waals surface area (Å²) >= 11 is 1.40. The Balaban J connectivity index is 1.25. The molecule has 29 heavy (non-hydrogen) atoms. The first-order chi connectivity index (χ1) is 14.1. The van der Waals surface area contributed by atoms with E-state index in [2.05, 4.69) is 15.6 Å². The van der Waals surface area contributed by atoms with Gasteiger partial charge in [0, 0.05) is 37.6 Å². The third-order valence-corrected chi connectivity index (χ3v) is 6.83. The van der Waals surface area contributed by atoms with E-state index >= 15 is 0 Å². The summed E-state index contributed by atoms with van der Waals surface area (Å²) in [5.74, 6) is -0.468. The zero-order valence-corrected chi connectivity index (χ0v) is 16.6. The van der Waals surface area contributed by atoms with Gasteiger partial charge in [0.05, 0.1) is 17.3 Å². The standard InChI is InChI=1S/C20H21N5O3S/c26-16-11-13(12-25(16)19-21-7-10-29-19)17(27)24-8-5-20(6-9-24)18(28)22-14-3-1-2-4-15(14)23-20/h1-4,7,10,13,23H,5-6,8-9,11-12H2,(H,22,28). The smallest absolute Gasteiger partial charge is 0.250 e. The number of thiazole rings is 1. The number of hydrogen-bond donors (Lipinski definition) is 2. The molecule has 3 amide bonds. The second-order valence-corrected chi connectivity index (χ2v) is 8.63. The van der Waals surface area contributed by atoms with E-state index in [-0.39, 0.29) is 30.1 Å². The summed E-state index contributed by atoms with van der Waals surface area (Å²) in [4.78, 5) is 45.7. The summed E-state index contributed by atoms with van der Waals surface area (Å²) in [6.07, 6.45) is 2.95. The van der Waals surface area contributed by atoms with Crippen molar-refractivity contribution >= 4 is 45.6 Å². The van der Waals surface area contributed by atoms with Crippen molar-refractivity contribution in [1.29, 1.82) is 0 Å². The van der Waals surface area contributed by atoms with Gasteiger partial charge in [0.1, 0.15) is 5.54 Å². The predicted octanol–water partition coefficient (Wildman–Crippen LogP) is 1.92. The van der Waals surface area contributed by atoms with Gasteiger partial charge in [-0.05, 0) is 25.0 Å². The van der Waals surface area contributed by atoms with Gasteiger partial charge in [0.2, 0.25) is 17.7 Å². The third-order valence-electron chi connectivity index (χ3n) is 6.04. The molecule has 2 N–H and O–H groups in total. The number of piperidine rings is 1. The molecule has 2 aromatic rings. The molecule has 5 rings (SSSR count). The number of nitrogens with one attached hydrogen (secondary N) is 2. The Hall–Kier alpha value is -2.94. The highest BCUT2D eigenvalue weighted by atomic mass is 32.1. The minimum atomic E-state index is -0.691. The second-order valence-electron chi connectivity index (χ2n) is 7.75. The molecule has 4 heterocycles. The van der Waals surface area contributed by atoms with Gasteiger partial charge in [-0.15, -0.1) is 11.3 Å². The lowest BCUT2D eigenvalue weighted by Gasteiger charge is -2.44. The average Bonchev–Trinajstić information content (AvgIpc) is 3.38. The summed E-state index contributed by atoms with van der Waals surface area (Å²) in [5.41, 5.74) is 1.00. The van der Waals surface area contributed by atoms with Gasteiger partial charge >= 0.3 is 0 Å². The molecule has 8 nitrogen and oxygen atoms in total. The number of carbonyl (C=O) groups is 3. The third kappa shape index (κ3) is 3.05. The number of amides is 3. The van der Waals surface area contributed by atoms with Gasteiger partial charge in [-0.2, -0.15) is 0 Å². The van der Waals surface area contributed by atoms with Gasteiger partial charge < -0.3 is 15.5 Å². The quantitative estimate of drug-likeness (QED) is 0.787. The highest BCUT2D eigenvalue weighted by Crippen LogP contribution is 2.37.